The summed E-state index contributed by atoms with van der Waals surface area (Å²) in [5, 5.41) is 6.80. The van der Waals surface area contributed by atoms with Crippen LogP contribution >= 0.6 is 0 Å². The molecule has 1 atom stereocenters. The van der Waals surface area contributed by atoms with Crippen molar-refractivity contribution in [2.24, 2.45) is 5.92 Å². The number of anilines is 1. The highest BCUT2D eigenvalue weighted by molar-refractivity contribution is 5.89. The summed E-state index contributed by atoms with van der Waals surface area (Å²) in [5.41, 5.74) is 5.05. The average molecular weight is 365 g/mol. The largest absolute Gasteiger partial charge is 0.359 e. The number of hydrogen-bond acceptors (Lipinski definition) is 3. The Hall–Kier alpha value is -2.56. The molecule has 1 aliphatic heterocycles. The van der Waals surface area contributed by atoms with Gasteiger partial charge in [0.25, 0.3) is 0 Å². The van der Waals surface area contributed by atoms with Gasteiger partial charge in [-0.2, -0.15) is 0 Å². The van der Waals surface area contributed by atoms with Crippen LogP contribution in [0.25, 0.3) is 6.08 Å². The molecule has 4 rings (SSSR count). The van der Waals surface area contributed by atoms with Gasteiger partial charge in [0.15, 0.2) is 5.82 Å². The number of carbonyl (C=O) groups excluding carboxylic acids is 1. The second kappa shape index (κ2) is 7.22. The number of aryl methyl sites for hydroxylation is 1. The minimum Gasteiger partial charge on any atom is -0.359 e. The summed E-state index contributed by atoms with van der Waals surface area (Å²) >= 11 is 0. The van der Waals surface area contributed by atoms with Crippen LogP contribution in [0.2, 0.25) is 0 Å². The SMILES string of the molecule is Cc1onc(NC(=O)N2CC/C(=C\c3cccc(C4CC4)c3)C(C)C2)c1C. The van der Waals surface area contributed by atoms with Gasteiger partial charge >= 0.3 is 6.03 Å². The van der Waals surface area contributed by atoms with Crippen molar-refractivity contribution in [2.75, 3.05) is 18.4 Å². The smallest absolute Gasteiger partial charge is 0.323 e. The first-order valence-electron chi connectivity index (χ1n) is 9.80. The Morgan fingerprint density at radius 3 is 2.81 bits per heavy atom. The van der Waals surface area contributed by atoms with E-state index in [1.54, 1.807) is 0 Å². The van der Waals surface area contributed by atoms with Gasteiger partial charge in [-0.15, -0.1) is 0 Å². The Morgan fingerprint density at radius 2 is 2.15 bits per heavy atom. The van der Waals surface area contributed by atoms with E-state index in [9.17, 15) is 4.79 Å². The first kappa shape index (κ1) is 17.8. The Kier molecular flexibility index (Phi) is 4.77. The quantitative estimate of drug-likeness (QED) is 0.821. The molecule has 1 saturated carbocycles. The van der Waals surface area contributed by atoms with E-state index in [1.165, 1.54) is 29.5 Å². The first-order chi connectivity index (χ1) is 13.0. The van der Waals surface area contributed by atoms with Crippen molar-refractivity contribution in [3.8, 4) is 0 Å². The maximum atomic E-state index is 12.6. The molecule has 2 heterocycles. The van der Waals surface area contributed by atoms with Crippen LogP contribution in [0.15, 0.2) is 34.4 Å². The van der Waals surface area contributed by atoms with Gasteiger partial charge in [-0.1, -0.05) is 48.0 Å². The number of rotatable bonds is 3. The average Bonchev–Trinajstić information content (AvgIpc) is 3.46. The monoisotopic (exact) mass is 365 g/mol. The van der Waals surface area contributed by atoms with Gasteiger partial charge < -0.3 is 9.42 Å². The Bertz CT molecular complexity index is 879. The van der Waals surface area contributed by atoms with Crippen LogP contribution in [0, 0.1) is 19.8 Å². The first-order valence-corrected chi connectivity index (χ1v) is 9.80. The summed E-state index contributed by atoms with van der Waals surface area (Å²) in [6.45, 7) is 7.38. The molecule has 142 valence electrons. The maximum absolute atomic E-state index is 12.6. The van der Waals surface area contributed by atoms with E-state index in [2.05, 4.69) is 47.7 Å². The van der Waals surface area contributed by atoms with E-state index in [1.807, 2.05) is 18.7 Å². The molecule has 1 aliphatic carbocycles. The van der Waals surface area contributed by atoms with Crippen LogP contribution in [-0.4, -0.2) is 29.2 Å². The molecule has 5 heteroatoms. The number of urea groups is 1. The van der Waals surface area contributed by atoms with Gasteiger partial charge in [0.05, 0.1) is 0 Å². The molecule has 2 aromatic rings. The summed E-state index contributed by atoms with van der Waals surface area (Å²) in [4.78, 5) is 14.4. The molecule has 0 radical (unpaired) electrons. The number of amides is 2. The molecular formula is C22H27N3O2. The maximum Gasteiger partial charge on any atom is 0.323 e. The number of piperidine rings is 1. The number of likely N-dealkylation sites (tertiary alicyclic amines) is 1. The van der Waals surface area contributed by atoms with Crippen LogP contribution in [0.4, 0.5) is 10.6 Å². The molecule has 1 unspecified atom stereocenters. The third kappa shape index (κ3) is 3.92. The molecule has 1 aromatic heterocycles. The van der Waals surface area contributed by atoms with E-state index in [0.29, 0.717) is 11.7 Å². The van der Waals surface area contributed by atoms with Crippen LogP contribution in [0.5, 0.6) is 0 Å². The Balaban J connectivity index is 1.40. The summed E-state index contributed by atoms with van der Waals surface area (Å²) in [5.74, 6) is 2.36. The second-order valence-corrected chi connectivity index (χ2v) is 7.90. The number of carbonyl (C=O) groups is 1. The van der Waals surface area contributed by atoms with Crippen LogP contribution in [-0.2, 0) is 0 Å². The van der Waals surface area contributed by atoms with Gasteiger partial charge in [-0.25, -0.2) is 4.79 Å². The molecule has 0 bridgehead atoms. The normalized spacial score (nSPS) is 21.5. The minimum atomic E-state index is -0.104. The van der Waals surface area contributed by atoms with Crippen molar-refractivity contribution in [3.05, 3.63) is 52.3 Å². The van der Waals surface area contributed by atoms with Gasteiger partial charge in [0.2, 0.25) is 0 Å². The minimum absolute atomic E-state index is 0.104. The topological polar surface area (TPSA) is 58.4 Å². The lowest BCUT2D eigenvalue weighted by molar-refractivity contribution is 0.197. The summed E-state index contributed by atoms with van der Waals surface area (Å²) in [6, 6.07) is 8.80. The van der Waals surface area contributed by atoms with Gasteiger partial charge in [0, 0.05) is 18.7 Å². The van der Waals surface area contributed by atoms with Crippen molar-refractivity contribution in [3.63, 3.8) is 0 Å². The third-order valence-corrected chi connectivity index (χ3v) is 5.78. The molecule has 0 spiro atoms. The molecule has 2 amide bonds. The standard InChI is InChI=1S/C22H27N3O2/c1-14-13-25(22(26)23-21-15(2)16(3)27-24-21)10-9-19(14)11-17-5-4-6-20(12-17)18-7-8-18/h4-6,11-12,14,18H,7-10,13H2,1-3H3,(H,23,24,26)/b19-11+. The molecular weight excluding hydrogens is 338 g/mol. The van der Waals surface area contributed by atoms with Gasteiger partial charge in [-0.05, 0) is 56.1 Å². The van der Waals surface area contributed by atoms with Crippen molar-refractivity contribution in [1.29, 1.82) is 0 Å². The van der Waals surface area contributed by atoms with Crippen molar-refractivity contribution in [2.45, 2.75) is 46.0 Å². The fourth-order valence-corrected chi connectivity index (χ4v) is 3.70. The van der Waals surface area contributed by atoms with E-state index in [4.69, 9.17) is 4.52 Å². The predicted molar refractivity (Wildman–Crippen MR) is 107 cm³/mol. The van der Waals surface area contributed by atoms with E-state index in [0.717, 1.165) is 36.8 Å². The highest BCUT2D eigenvalue weighted by Gasteiger charge is 2.26. The highest BCUT2D eigenvalue weighted by Crippen LogP contribution is 2.40. The zero-order chi connectivity index (χ0) is 19.0. The summed E-state index contributed by atoms with van der Waals surface area (Å²) in [6.07, 6.45) is 5.87. The number of nitrogens with one attached hydrogen (secondary N) is 1. The van der Waals surface area contributed by atoms with E-state index >= 15 is 0 Å². The second-order valence-electron chi connectivity index (χ2n) is 7.90. The van der Waals surface area contributed by atoms with Crippen LogP contribution in [0.1, 0.15) is 54.6 Å². The number of benzene rings is 1. The van der Waals surface area contributed by atoms with Crippen LogP contribution in [0.3, 0.4) is 0 Å². The fourth-order valence-electron chi connectivity index (χ4n) is 3.70. The molecule has 1 saturated heterocycles. The molecule has 2 aliphatic rings. The number of hydrogen-bond donors (Lipinski definition) is 1. The number of aromatic nitrogens is 1. The molecule has 1 N–H and O–H groups in total. The predicted octanol–water partition coefficient (Wildman–Crippen LogP) is 5.13. The Labute approximate surface area is 160 Å². The lowest BCUT2D eigenvalue weighted by Gasteiger charge is -2.33. The zero-order valence-corrected chi connectivity index (χ0v) is 16.3. The van der Waals surface area contributed by atoms with Crippen molar-refractivity contribution in [1.82, 2.24) is 10.1 Å². The zero-order valence-electron chi connectivity index (χ0n) is 16.3. The Morgan fingerprint density at radius 1 is 1.33 bits per heavy atom. The summed E-state index contributed by atoms with van der Waals surface area (Å²) in [7, 11) is 0. The fraction of sp³-hybridized carbons (Fsp3) is 0.455. The third-order valence-electron chi connectivity index (χ3n) is 5.78. The number of nitrogens with zero attached hydrogens (tertiary/aromatic N) is 2. The lowest BCUT2D eigenvalue weighted by Crippen LogP contribution is -2.42. The van der Waals surface area contributed by atoms with Gasteiger partial charge in [0.1, 0.15) is 5.76 Å². The molecule has 5 nitrogen and oxygen atoms in total. The van der Waals surface area contributed by atoms with E-state index < -0.39 is 0 Å². The van der Waals surface area contributed by atoms with E-state index in [-0.39, 0.29) is 6.03 Å². The molecule has 1 aromatic carbocycles. The molecule has 27 heavy (non-hydrogen) atoms. The van der Waals surface area contributed by atoms with Crippen LogP contribution < -0.4 is 5.32 Å². The van der Waals surface area contributed by atoms with Crippen molar-refractivity contribution < 1.29 is 9.32 Å². The highest BCUT2D eigenvalue weighted by atomic mass is 16.5. The van der Waals surface area contributed by atoms with Crippen molar-refractivity contribution >= 4 is 17.9 Å². The lowest BCUT2D eigenvalue weighted by atomic mass is 9.91. The molecule has 2 fully saturated rings. The van der Waals surface area contributed by atoms with Gasteiger partial charge in [-0.3, -0.25) is 5.32 Å². The summed E-state index contributed by atoms with van der Waals surface area (Å²) < 4.78 is 5.13.